The Hall–Kier alpha value is -4.45. The molecule has 6 heteroatoms. The Bertz CT molecular complexity index is 1400. The molecule has 6 nitrogen and oxygen atoms in total. The van der Waals surface area contributed by atoms with Gasteiger partial charge in [0.1, 0.15) is 13.2 Å². The first-order chi connectivity index (χ1) is 30.5. The predicted octanol–water partition coefficient (Wildman–Crippen LogP) is 15.9. The fourth-order valence-corrected chi connectivity index (χ4v) is 5.96. The highest BCUT2D eigenvalue weighted by Crippen LogP contribution is 2.13. The largest absolute Gasteiger partial charge is 0.462 e. The van der Waals surface area contributed by atoms with Gasteiger partial charge in [0, 0.05) is 19.3 Å². The van der Waals surface area contributed by atoms with Crippen molar-refractivity contribution in [3.63, 3.8) is 0 Å². The first-order valence-electron chi connectivity index (χ1n) is 24.3. The van der Waals surface area contributed by atoms with Crippen LogP contribution in [0.2, 0.25) is 0 Å². The lowest BCUT2D eigenvalue weighted by Gasteiger charge is -2.18. The van der Waals surface area contributed by atoms with Crippen LogP contribution in [0.1, 0.15) is 181 Å². The molecular formula is C56H86O6. The summed E-state index contributed by atoms with van der Waals surface area (Å²) in [6.07, 6.45) is 68.6. The van der Waals surface area contributed by atoms with E-state index in [1.54, 1.807) is 0 Å². The molecule has 1 unspecified atom stereocenters. The Labute approximate surface area is 379 Å². The molecule has 0 saturated carbocycles. The van der Waals surface area contributed by atoms with Crippen molar-refractivity contribution in [2.45, 2.75) is 187 Å². The fourth-order valence-electron chi connectivity index (χ4n) is 5.96. The summed E-state index contributed by atoms with van der Waals surface area (Å²) in [5, 5.41) is 0. The van der Waals surface area contributed by atoms with Crippen LogP contribution in [0.15, 0.2) is 134 Å². The van der Waals surface area contributed by atoms with Crippen molar-refractivity contribution < 1.29 is 28.6 Å². The number of esters is 3. The molecule has 0 aliphatic heterocycles. The maximum Gasteiger partial charge on any atom is 0.306 e. The van der Waals surface area contributed by atoms with Gasteiger partial charge in [0.2, 0.25) is 0 Å². The van der Waals surface area contributed by atoms with Gasteiger partial charge >= 0.3 is 17.9 Å². The summed E-state index contributed by atoms with van der Waals surface area (Å²) in [5.74, 6) is -1.02. The van der Waals surface area contributed by atoms with Crippen molar-refractivity contribution in [2.24, 2.45) is 0 Å². The number of allylic oxidation sites excluding steroid dienone is 22. The smallest absolute Gasteiger partial charge is 0.306 e. The molecule has 0 aliphatic rings. The number of ether oxygens (including phenoxy) is 3. The summed E-state index contributed by atoms with van der Waals surface area (Å²) < 4.78 is 16.7. The summed E-state index contributed by atoms with van der Waals surface area (Å²) in [7, 11) is 0. The molecule has 346 valence electrons. The van der Waals surface area contributed by atoms with Gasteiger partial charge in [0.15, 0.2) is 6.10 Å². The van der Waals surface area contributed by atoms with Crippen molar-refractivity contribution in [1.82, 2.24) is 0 Å². The van der Waals surface area contributed by atoms with Crippen LogP contribution in [0.5, 0.6) is 0 Å². The van der Waals surface area contributed by atoms with E-state index in [9.17, 15) is 14.4 Å². The van der Waals surface area contributed by atoms with E-state index in [0.717, 1.165) is 109 Å². The standard InChI is InChI=1S/C56H86O6/c1-4-7-10-13-16-19-22-24-26-27-28-30-31-34-37-40-43-46-49-55(58)61-52-53(51-60-54(57)48-45-42-39-36-33-21-18-15-12-9-6-3)62-56(59)50-47-44-41-38-35-32-29-25-23-20-17-14-11-8-5-2/h8-14,16-24,26-28,30,36,39,53H,4-7,15,25,29,31-35,37-38,40-52H2,1-3H3/b11-8-,12-9-,13-10-,17-14-,19-16-,21-18-,23-20-,24-22-,27-26-,30-28-,39-36-. The van der Waals surface area contributed by atoms with Crippen LogP contribution in [0.25, 0.3) is 0 Å². The van der Waals surface area contributed by atoms with Crippen LogP contribution >= 0.6 is 0 Å². The first-order valence-corrected chi connectivity index (χ1v) is 24.3. The van der Waals surface area contributed by atoms with Gasteiger partial charge in [-0.1, -0.05) is 212 Å². The zero-order valence-corrected chi connectivity index (χ0v) is 39.3. The summed E-state index contributed by atoms with van der Waals surface area (Å²) >= 11 is 0. The molecule has 0 aromatic rings. The van der Waals surface area contributed by atoms with E-state index in [1.165, 1.54) is 25.7 Å². The number of hydrogen-bond acceptors (Lipinski definition) is 6. The Balaban J connectivity index is 4.53. The molecule has 0 aromatic heterocycles. The molecule has 0 rings (SSSR count). The van der Waals surface area contributed by atoms with E-state index in [0.29, 0.717) is 19.3 Å². The maximum absolute atomic E-state index is 12.8. The number of hydrogen-bond donors (Lipinski definition) is 0. The third-order valence-electron chi connectivity index (χ3n) is 9.54. The van der Waals surface area contributed by atoms with E-state index >= 15 is 0 Å². The van der Waals surface area contributed by atoms with Gasteiger partial charge in [0.05, 0.1) is 0 Å². The van der Waals surface area contributed by atoms with Crippen LogP contribution in [0, 0.1) is 0 Å². The van der Waals surface area contributed by atoms with Gasteiger partial charge in [-0.05, 0) is 83.5 Å². The molecule has 0 spiro atoms. The lowest BCUT2D eigenvalue weighted by atomic mass is 10.1. The van der Waals surface area contributed by atoms with E-state index in [2.05, 4.69) is 118 Å². The first kappa shape index (κ1) is 57.5. The van der Waals surface area contributed by atoms with Gasteiger partial charge in [0.25, 0.3) is 0 Å². The van der Waals surface area contributed by atoms with Gasteiger partial charge in [-0.15, -0.1) is 0 Å². The van der Waals surface area contributed by atoms with Gasteiger partial charge < -0.3 is 14.2 Å². The second-order valence-electron chi connectivity index (χ2n) is 15.4. The summed E-state index contributed by atoms with van der Waals surface area (Å²) in [4.78, 5) is 37.9. The van der Waals surface area contributed by atoms with Crippen molar-refractivity contribution in [2.75, 3.05) is 13.2 Å². The summed E-state index contributed by atoms with van der Waals surface area (Å²) in [5.41, 5.74) is 0. The monoisotopic (exact) mass is 855 g/mol. The third kappa shape index (κ3) is 46.6. The highest BCUT2D eigenvalue weighted by Gasteiger charge is 2.19. The minimum Gasteiger partial charge on any atom is -0.462 e. The SMILES string of the molecule is CC\C=C/C=C\C=C/CCCCCCCCCC(=O)OC(COC(=O)CCC/C=C\C/C=C\C/C=C\CC)COC(=O)CCCCCCC\C=C/C=C\C=C/C=C\C=C/CCC. The zero-order valence-electron chi connectivity index (χ0n) is 39.3. The number of carbonyl (C=O) groups is 3. The highest BCUT2D eigenvalue weighted by molar-refractivity contribution is 5.71. The molecule has 0 aromatic carbocycles. The van der Waals surface area contributed by atoms with Gasteiger partial charge in [-0.3, -0.25) is 14.4 Å². The molecule has 1 atom stereocenters. The topological polar surface area (TPSA) is 78.9 Å². The second-order valence-corrected chi connectivity index (χ2v) is 15.4. The van der Waals surface area contributed by atoms with E-state index in [1.807, 2.05) is 36.5 Å². The van der Waals surface area contributed by atoms with Crippen molar-refractivity contribution in [1.29, 1.82) is 0 Å². The lowest BCUT2D eigenvalue weighted by Crippen LogP contribution is -2.30. The van der Waals surface area contributed by atoms with Gasteiger partial charge in [-0.2, -0.15) is 0 Å². The lowest BCUT2D eigenvalue weighted by molar-refractivity contribution is -0.167. The Morgan fingerprint density at radius 1 is 0.355 bits per heavy atom. The molecule has 0 N–H and O–H groups in total. The molecule has 62 heavy (non-hydrogen) atoms. The average Bonchev–Trinajstić information content (AvgIpc) is 3.27. The molecule has 0 aliphatic carbocycles. The molecule has 0 saturated heterocycles. The Morgan fingerprint density at radius 2 is 0.726 bits per heavy atom. The Morgan fingerprint density at radius 3 is 1.23 bits per heavy atom. The van der Waals surface area contributed by atoms with Crippen molar-refractivity contribution >= 4 is 17.9 Å². The van der Waals surface area contributed by atoms with E-state index < -0.39 is 6.10 Å². The predicted molar refractivity (Wildman–Crippen MR) is 265 cm³/mol. The van der Waals surface area contributed by atoms with Crippen LogP contribution in [0.4, 0.5) is 0 Å². The molecule has 0 amide bonds. The minimum absolute atomic E-state index is 0.118. The molecule has 0 heterocycles. The van der Waals surface area contributed by atoms with Crippen molar-refractivity contribution in [3.05, 3.63) is 134 Å². The zero-order chi connectivity index (χ0) is 45.1. The van der Waals surface area contributed by atoms with E-state index in [-0.39, 0.29) is 37.5 Å². The normalized spacial score (nSPS) is 13.3. The highest BCUT2D eigenvalue weighted by atomic mass is 16.6. The summed E-state index contributed by atoms with van der Waals surface area (Å²) in [6, 6.07) is 0. The second kappa shape index (κ2) is 49.2. The number of carbonyl (C=O) groups excluding carboxylic acids is 3. The average molecular weight is 855 g/mol. The minimum atomic E-state index is -0.819. The molecular weight excluding hydrogens is 769 g/mol. The van der Waals surface area contributed by atoms with Crippen LogP contribution < -0.4 is 0 Å². The molecule has 0 bridgehead atoms. The maximum atomic E-state index is 12.8. The third-order valence-corrected chi connectivity index (χ3v) is 9.54. The Kier molecular flexibility index (Phi) is 45.7. The van der Waals surface area contributed by atoms with Gasteiger partial charge in [-0.25, -0.2) is 0 Å². The number of unbranched alkanes of at least 4 members (excludes halogenated alkanes) is 14. The number of rotatable bonds is 41. The quantitative estimate of drug-likeness (QED) is 0.0200. The van der Waals surface area contributed by atoms with Crippen LogP contribution in [-0.4, -0.2) is 37.2 Å². The van der Waals surface area contributed by atoms with E-state index in [4.69, 9.17) is 14.2 Å². The molecule has 0 fully saturated rings. The fraction of sp³-hybridized carbons (Fsp3) is 0.554. The summed E-state index contributed by atoms with van der Waals surface area (Å²) in [6.45, 7) is 6.19. The van der Waals surface area contributed by atoms with Crippen LogP contribution in [-0.2, 0) is 28.6 Å². The van der Waals surface area contributed by atoms with Crippen LogP contribution in [0.3, 0.4) is 0 Å². The molecule has 0 radical (unpaired) electrons. The van der Waals surface area contributed by atoms with Crippen molar-refractivity contribution in [3.8, 4) is 0 Å².